The Hall–Kier alpha value is -1.81. The van der Waals surface area contributed by atoms with Gasteiger partial charge in [0.15, 0.2) is 0 Å². The molecule has 1 aromatic rings. The minimum atomic E-state index is -0.0336. The summed E-state index contributed by atoms with van der Waals surface area (Å²) in [5.74, 6) is 5.38. The zero-order valence-corrected chi connectivity index (χ0v) is 7.99. The summed E-state index contributed by atoms with van der Waals surface area (Å²) < 4.78 is 0. The minimum absolute atomic E-state index is 0.0336. The van der Waals surface area contributed by atoms with Gasteiger partial charge in [0, 0.05) is 12.0 Å². The van der Waals surface area contributed by atoms with Gasteiger partial charge in [-0.2, -0.15) is 0 Å². The molecule has 0 aliphatic heterocycles. The maximum atomic E-state index is 11.2. The maximum absolute atomic E-state index is 11.2. The van der Waals surface area contributed by atoms with Crippen LogP contribution in [0.5, 0.6) is 0 Å². The summed E-state index contributed by atoms with van der Waals surface area (Å²) in [6.07, 6.45) is 2.88. The van der Waals surface area contributed by atoms with E-state index in [0.29, 0.717) is 12.8 Å². The van der Waals surface area contributed by atoms with Gasteiger partial charge in [-0.1, -0.05) is 30.2 Å². The second-order valence-electron chi connectivity index (χ2n) is 2.87. The fraction of sp³-hybridized carbons (Fsp3) is 0.154. The number of ketones is 1. The lowest BCUT2D eigenvalue weighted by molar-refractivity contribution is -0.113. The Morgan fingerprint density at radius 1 is 1.36 bits per heavy atom. The van der Waals surface area contributed by atoms with Crippen molar-refractivity contribution in [3.63, 3.8) is 0 Å². The molecular weight excluding hydrogens is 172 g/mol. The van der Waals surface area contributed by atoms with Crippen LogP contribution in [0.4, 0.5) is 0 Å². The Kier molecular flexibility index (Phi) is 4.23. The van der Waals surface area contributed by atoms with Crippen LogP contribution in [0.25, 0.3) is 0 Å². The Morgan fingerprint density at radius 2 is 2.07 bits per heavy atom. The van der Waals surface area contributed by atoms with Crippen LogP contribution in [0, 0.1) is 11.8 Å². The molecule has 1 aromatic carbocycles. The SMILES string of the molecule is C=CCCC(=O)C#Cc1ccccc1. The molecule has 0 aliphatic carbocycles. The van der Waals surface area contributed by atoms with Crippen molar-refractivity contribution in [2.24, 2.45) is 0 Å². The molecule has 0 amide bonds. The molecule has 0 atom stereocenters. The molecule has 0 radical (unpaired) electrons. The number of hydrogen-bond donors (Lipinski definition) is 0. The van der Waals surface area contributed by atoms with Crippen molar-refractivity contribution in [1.82, 2.24) is 0 Å². The van der Waals surface area contributed by atoms with Crippen molar-refractivity contribution in [2.45, 2.75) is 12.8 Å². The Bertz CT molecular complexity index is 365. The van der Waals surface area contributed by atoms with E-state index in [2.05, 4.69) is 18.4 Å². The highest BCUT2D eigenvalue weighted by Crippen LogP contribution is 1.95. The first-order valence-electron chi connectivity index (χ1n) is 4.53. The number of rotatable bonds is 3. The van der Waals surface area contributed by atoms with Gasteiger partial charge in [-0.25, -0.2) is 0 Å². The largest absolute Gasteiger partial charge is 0.285 e. The zero-order chi connectivity index (χ0) is 10.2. The lowest BCUT2D eigenvalue weighted by atomic mass is 10.2. The van der Waals surface area contributed by atoms with Gasteiger partial charge in [0.25, 0.3) is 0 Å². The van der Waals surface area contributed by atoms with E-state index in [1.807, 2.05) is 30.3 Å². The molecule has 0 N–H and O–H groups in total. The predicted molar refractivity (Wildman–Crippen MR) is 57.8 cm³/mol. The number of Topliss-reactive ketones (excluding diaryl/α,β-unsaturated/α-hetero) is 1. The summed E-state index contributed by atoms with van der Waals surface area (Å²) in [6.45, 7) is 3.55. The van der Waals surface area contributed by atoms with Crippen LogP contribution in [0.15, 0.2) is 43.0 Å². The van der Waals surface area contributed by atoms with Crippen molar-refractivity contribution in [3.8, 4) is 11.8 Å². The first-order chi connectivity index (χ1) is 6.83. The third-order valence-electron chi connectivity index (χ3n) is 1.70. The van der Waals surface area contributed by atoms with Crippen molar-refractivity contribution in [1.29, 1.82) is 0 Å². The monoisotopic (exact) mass is 184 g/mol. The summed E-state index contributed by atoms with van der Waals surface area (Å²) in [7, 11) is 0. The van der Waals surface area contributed by atoms with Crippen molar-refractivity contribution in [3.05, 3.63) is 48.6 Å². The molecular formula is C13H12O. The summed E-state index contributed by atoms with van der Waals surface area (Å²) in [6, 6.07) is 9.49. The standard InChI is InChI=1S/C13H12O/c1-2-3-9-13(14)11-10-12-7-5-4-6-8-12/h2,4-8H,1,3,9H2. The number of benzene rings is 1. The van der Waals surface area contributed by atoms with Crippen LogP contribution >= 0.6 is 0 Å². The molecule has 0 heterocycles. The van der Waals surface area contributed by atoms with Crippen LogP contribution < -0.4 is 0 Å². The maximum Gasteiger partial charge on any atom is 0.206 e. The summed E-state index contributed by atoms with van der Waals surface area (Å²) >= 11 is 0. The van der Waals surface area contributed by atoms with Gasteiger partial charge < -0.3 is 0 Å². The number of carbonyl (C=O) groups is 1. The molecule has 0 bridgehead atoms. The van der Waals surface area contributed by atoms with Crippen LogP contribution in [0.2, 0.25) is 0 Å². The molecule has 0 unspecified atom stereocenters. The molecule has 1 rings (SSSR count). The average molecular weight is 184 g/mol. The molecule has 70 valence electrons. The first kappa shape index (κ1) is 10.3. The molecule has 1 heteroatoms. The van der Waals surface area contributed by atoms with Gasteiger partial charge >= 0.3 is 0 Å². The van der Waals surface area contributed by atoms with Crippen molar-refractivity contribution < 1.29 is 4.79 Å². The topological polar surface area (TPSA) is 17.1 Å². The number of allylic oxidation sites excluding steroid dienone is 1. The molecule has 0 fully saturated rings. The lowest BCUT2D eigenvalue weighted by Crippen LogP contribution is -1.91. The highest BCUT2D eigenvalue weighted by molar-refractivity contribution is 5.96. The van der Waals surface area contributed by atoms with Gasteiger partial charge in [-0.05, 0) is 24.5 Å². The molecule has 0 saturated carbocycles. The third-order valence-corrected chi connectivity index (χ3v) is 1.70. The van der Waals surface area contributed by atoms with E-state index in [9.17, 15) is 4.79 Å². The Morgan fingerprint density at radius 3 is 2.71 bits per heavy atom. The van der Waals surface area contributed by atoms with Crippen LogP contribution in [-0.2, 0) is 4.79 Å². The summed E-state index contributed by atoms with van der Waals surface area (Å²) in [5, 5.41) is 0. The average Bonchev–Trinajstić information content (AvgIpc) is 2.25. The highest BCUT2D eigenvalue weighted by Gasteiger charge is 1.92. The first-order valence-corrected chi connectivity index (χ1v) is 4.53. The van der Waals surface area contributed by atoms with Crippen molar-refractivity contribution >= 4 is 5.78 Å². The molecule has 14 heavy (non-hydrogen) atoms. The highest BCUT2D eigenvalue weighted by atomic mass is 16.1. The van der Waals surface area contributed by atoms with E-state index in [4.69, 9.17) is 0 Å². The third kappa shape index (κ3) is 3.73. The van der Waals surface area contributed by atoms with E-state index in [-0.39, 0.29) is 5.78 Å². The number of carbonyl (C=O) groups excluding carboxylic acids is 1. The van der Waals surface area contributed by atoms with Gasteiger partial charge in [-0.3, -0.25) is 4.79 Å². The zero-order valence-electron chi connectivity index (χ0n) is 7.99. The molecule has 1 nitrogen and oxygen atoms in total. The Balaban J connectivity index is 2.55. The quantitative estimate of drug-likeness (QED) is 0.521. The lowest BCUT2D eigenvalue weighted by Gasteiger charge is -1.87. The number of hydrogen-bond acceptors (Lipinski definition) is 1. The van der Waals surface area contributed by atoms with Crippen LogP contribution in [0.3, 0.4) is 0 Å². The van der Waals surface area contributed by atoms with Gasteiger partial charge in [-0.15, -0.1) is 6.58 Å². The minimum Gasteiger partial charge on any atom is -0.285 e. The fourth-order valence-corrected chi connectivity index (χ4v) is 0.959. The Labute approximate surface area is 84.5 Å². The van der Waals surface area contributed by atoms with Crippen molar-refractivity contribution in [2.75, 3.05) is 0 Å². The van der Waals surface area contributed by atoms with E-state index >= 15 is 0 Å². The second kappa shape index (κ2) is 5.77. The summed E-state index contributed by atoms with van der Waals surface area (Å²) in [5.41, 5.74) is 0.874. The molecule has 0 aliphatic rings. The van der Waals surface area contributed by atoms with Gasteiger partial charge in [0.1, 0.15) is 0 Å². The van der Waals surface area contributed by atoms with Gasteiger partial charge in [0.2, 0.25) is 5.78 Å². The van der Waals surface area contributed by atoms with Crippen LogP contribution in [-0.4, -0.2) is 5.78 Å². The van der Waals surface area contributed by atoms with E-state index in [1.165, 1.54) is 0 Å². The van der Waals surface area contributed by atoms with Gasteiger partial charge in [0.05, 0.1) is 0 Å². The second-order valence-corrected chi connectivity index (χ2v) is 2.87. The van der Waals surface area contributed by atoms with Crippen LogP contribution in [0.1, 0.15) is 18.4 Å². The van der Waals surface area contributed by atoms with E-state index in [0.717, 1.165) is 5.56 Å². The fourth-order valence-electron chi connectivity index (χ4n) is 0.959. The molecule has 0 saturated heterocycles. The smallest absolute Gasteiger partial charge is 0.206 e. The molecule has 0 spiro atoms. The summed E-state index contributed by atoms with van der Waals surface area (Å²) in [4.78, 5) is 11.2. The predicted octanol–water partition coefficient (Wildman–Crippen LogP) is 2.57. The molecule has 0 aromatic heterocycles. The van der Waals surface area contributed by atoms with E-state index < -0.39 is 0 Å². The normalized spacial score (nSPS) is 8.57. The van der Waals surface area contributed by atoms with E-state index in [1.54, 1.807) is 6.08 Å².